The molecular weight excluding hydrogens is 220 g/mol. The molecule has 0 aliphatic heterocycles. The van der Waals surface area contributed by atoms with E-state index >= 15 is 0 Å². The average Bonchev–Trinajstić information content (AvgIpc) is 2.47. The van der Waals surface area contributed by atoms with Gasteiger partial charge in [0, 0.05) is 18.1 Å². The van der Waals surface area contributed by atoms with Gasteiger partial charge in [-0.1, -0.05) is 19.3 Å². The highest BCUT2D eigenvalue weighted by Crippen LogP contribution is 2.31. The molecular formula is C16H32N2. The second-order valence-electron chi connectivity index (χ2n) is 6.60. The zero-order chi connectivity index (χ0) is 13.0. The van der Waals surface area contributed by atoms with Crippen molar-refractivity contribution in [1.29, 1.82) is 0 Å². The molecule has 2 rings (SSSR count). The van der Waals surface area contributed by atoms with Gasteiger partial charge in [-0.05, 0) is 65.5 Å². The van der Waals surface area contributed by atoms with Crippen LogP contribution in [0.3, 0.4) is 0 Å². The summed E-state index contributed by atoms with van der Waals surface area (Å²) in [6.45, 7) is 2.47. The second-order valence-corrected chi connectivity index (χ2v) is 6.60. The number of rotatable bonds is 4. The standard InChI is InChI=1S/C16H32N2/c1-13(14-7-5-4-6-8-14)18(3)16-11-9-15(17-2)10-12-16/h13-17H,4-12H2,1-3H3. The quantitative estimate of drug-likeness (QED) is 0.825. The van der Waals surface area contributed by atoms with Crippen LogP contribution >= 0.6 is 0 Å². The zero-order valence-electron chi connectivity index (χ0n) is 12.6. The first kappa shape index (κ1) is 14.3. The molecule has 18 heavy (non-hydrogen) atoms. The molecule has 2 fully saturated rings. The lowest BCUT2D eigenvalue weighted by molar-refractivity contribution is 0.0871. The molecule has 2 aliphatic carbocycles. The Morgan fingerprint density at radius 3 is 2.11 bits per heavy atom. The van der Waals surface area contributed by atoms with Crippen LogP contribution < -0.4 is 5.32 Å². The van der Waals surface area contributed by atoms with Gasteiger partial charge in [0.25, 0.3) is 0 Å². The predicted octanol–water partition coefficient (Wildman–Crippen LogP) is 3.42. The SMILES string of the molecule is CNC1CCC(N(C)C(C)C2CCCCC2)CC1. The largest absolute Gasteiger partial charge is 0.317 e. The predicted molar refractivity (Wildman–Crippen MR) is 78.9 cm³/mol. The maximum Gasteiger partial charge on any atom is 0.00963 e. The fourth-order valence-electron chi connectivity index (χ4n) is 4.05. The van der Waals surface area contributed by atoms with Crippen molar-refractivity contribution < 1.29 is 0 Å². The Morgan fingerprint density at radius 1 is 0.944 bits per heavy atom. The minimum atomic E-state index is 0.777. The van der Waals surface area contributed by atoms with Gasteiger partial charge < -0.3 is 10.2 Å². The first-order chi connectivity index (χ1) is 8.72. The summed E-state index contributed by atoms with van der Waals surface area (Å²) in [4.78, 5) is 2.71. The number of hydrogen-bond acceptors (Lipinski definition) is 2. The van der Waals surface area contributed by atoms with Crippen molar-refractivity contribution in [3.63, 3.8) is 0 Å². The number of nitrogens with one attached hydrogen (secondary N) is 1. The minimum absolute atomic E-state index is 0.777. The lowest BCUT2D eigenvalue weighted by Gasteiger charge is -2.41. The van der Waals surface area contributed by atoms with Crippen molar-refractivity contribution in [1.82, 2.24) is 10.2 Å². The summed E-state index contributed by atoms with van der Waals surface area (Å²) in [5.41, 5.74) is 0. The van der Waals surface area contributed by atoms with Gasteiger partial charge in [0.2, 0.25) is 0 Å². The molecule has 0 heterocycles. The van der Waals surface area contributed by atoms with Gasteiger partial charge in [0.1, 0.15) is 0 Å². The van der Waals surface area contributed by atoms with E-state index in [-0.39, 0.29) is 0 Å². The molecule has 0 aromatic heterocycles. The van der Waals surface area contributed by atoms with Gasteiger partial charge in [0.05, 0.1) is 0 Å². The molecule has 0 bridgehead atoms. The average molecular weight is 252 g/mol. The van der Waals surface area contributed by atoms with E-state index in [1.54, 1.807) is 0 Å². The third-order valence-electron chi connectivity index (χ3n) is 5.66. The van der Waals surface area contributed by atoms with E-state index in [0.717, 1.165) is 24.0 Å². The molecule has 1 unspecified atom stereocenters. The van der Waals surface area contributed by atoms with E-state index in [4.69, 9.17) is 0 Å². The third kappa shape index (κ3) is 3.48. The summed E-state index contributed by atoms with van der Waals surface area (Å²) in [5, 5.41) is 3.44. The molecule has 2 aliphatic rings. The Labute approximate surface area is 114 Å². The monoisotopic (exact) mass is 252 g/mol. The Balaban J connectivity index is 1.80. The van der Waals surface area contributed by atoms with Crippen molar-refractivity contribution in [2.45, 2.75) is 82.8 Å². The zero-order valence-corrected chi connectivity index (χ0v) is 12.6. The first-order valence-corrected chi connectivity index (χ1v) is 8.11. The molecule has 1 N–H and O–H groups in total. The lowest BCUT2D eigenvalue weighted by atomic mass is 9.82. The van der Waals surface area contributed by atoms with Crippen LogP contribution in [0.2, 0.25) is 0 Å². The van der Waals surface area contributed by atoms with E-state index in [1.807, 2.05) is 0 Å². The van der Waals surface area contributed by atoms with Gasteiger partial charge in [0.15, 0.2) is 0 Å². The maximum atomic E-state index is 3.44. The topological polar surface area (TPSA) is 15.3 Å². The number of nitrogens with zero attached hydrogens (tertiary/aromatic N) is 1. The normalized spacial score (nSPS) is 32.7. The molecule has 2 heteroatoms. The highest BCUT2D eigenvalue weighted by Gasteiger charge is 2.29. The van der Waals surface area contributed by atoms with Gasteiger partial charge in [-0.2, -0.15) is 0 Å². The molecule has 0 aromatic rings. The van der Waals surface area contributed by atoms with E-state index < -0.39 is 0 Å². The van der Waals surface area contributed by atoms with Gasteiger partial charge in [-0.25, -0.2) is 0 Å². The molecule has 0 saturated heterocycles. The lowest BCUT2D eigenvalue weighted by Crippen LogP contribution is -2.46. The summed E-state index contributed by atoms with van der Waals surface area (Å²) in [7, 11) is 4.49. The maximum absolute atomic E-state index is 3.44. The molecule has 0 spiro atoms. The van der Waals surface area contributed by atoms with Crippen LogP contribution in [0.1, 0.15) is 64.7 Å². The van der Waals surface area contributed by atoms with Crippen molar-refractivity contribution >= 4 is 0 Å². The van der Waals surface area contributed by atoms with Crippen molar-refractivity contribution in [2.75, 3.05) is 14.1 Å². The molecule has 106 valence electrons. The summed E-state index contributed by atoms with van der Waals surface area (Å²) in [5.74, 6) is 0.964. The Bertz CT molecular complexity index is 227. The highest BCUT2D eigenvalue weighted by molar-refractivity contribution is 4.85. The Hall–Kier alpha value is -0.0800. The van der Waals surface area contributed by atoms with Crippen molar-refractivity contribution in [3.05, 3.63) is 0 Å². The number of hydrogen-bond donors (Lipinski definition) is 1. The Morgan fingerprint density at radius 2 is 1.56 bits per heavy atom. The van der Waals surface area contributed by atoms with E-state index in [2.05, 4.69) is 31.2 Å². The smallest absolute Gasteiger partial charge is 0.00963 e. The van der Waals surface area contributed by atoms with E-state index in [1.165, 1.54) is 57.8 Å². The second kappa shape index (κ2) is 6.91. The van der Waals surface area contributed by atoms with Crippen molar-refractivity contribution in [2.24, 2.45) is 5.92 Å². The fourth-order valence-corrected chi connectivity index (χ4v) is 4.05. The summed E-state index contributed by atoms with van der Waals surface area (Å²) < 4.78 is 0. The van der Waals surface area contributed by atoms with Crippen LogP contribution in [0.4, 0.5) is 0 Å². The molecule has 0 amide bonds. The molecule has 1 atom stereocenters. The van der Waals surface area contributed by atoms with Crippen molar-refractivity contribution in [3.8, 4) is 0 Å². The van der Waals surface area contributed by atoms with Crippen LogP contribution in [0.15, 0.2) is 0 Å². The summed E-state index contributed by atoms with van der Waals surface area (Å²) in [6.07, 6.45) is 12.9. The molecule has 2 nitrogen and oxygen atoms in total. The highest BCUT2D eigenvalue weighted by atomic mass is 15.2. The summed E-state index contributed by atoms with van der Waals surface area (Å²) in [6, 6.07) is 2.41. The van der Waals surface area contributed by atoms with Crippen LogP contribution in [-0.4, -0.2) is 37.1 Å². The van der Waals surface area contributed by atoms with Gasteiger partial charge >= 0.3 is 0 Å². The molecule has 0 aromatic carbocycles. The van der Waals surface area contributed by atoms with Crippen LogP contribution in [0, 0.1) is 5.92 Å². The van der Waals surface area contributed by atoms with E-state index in [0.29, 0.717) is 0 Å². The van der Waals surface area contributed by atoms with Gasteiger partial charge in [-0.15, -0.1) is 0 Å². The van der Waals surface area contributed by atoms with Crippen LogP contribution in [-0.2, 0) is 0 Å². The minimum Gasteiger partial charge on any atom is -0.317 e. The van der Waals surface area contributed by atoms with Gasteiger partial charge in [-0.3, -0.25) is 0 Å². The summed E-state index contributed by atoms with van der Waals surface area (Å²) >= 11 is 0. The van der Waals surface area contributed by atoms with Crippen LogP contribution in [0.25, 0.3) is 0 Å². The molecule has 0 radical (unpaired) electrons. The van der Waals surface area contributed by atoms with Crippen LogP contribution in [0.5, 0.6) is 0 Å². The van der Waals surface area contributed by atoms with E-state index in [9.17, 15) is 0 Å². The first-order valence-electron chi connectivity index (χ1n) is 8.11. The molecule has 2 saturated carbocycles. The fraction of sp³-hybridized carbons (Fsp3) is 1.00. The third-order valence-corrected chi connectivity index (χ3v) is 5.66. The Kier molecular flexibility index (Phi) is 5.50.